The van der Waals surface area contributed by atoms with E-state index in [4.69, 9.17) is 0 Å². The summed E-state index contributed by atoms with van der Waals surface area (Å²) in [5.74, 6) is -0.0399. The average Bonchev–Trinajstić information content (AvgIpc) is 3.80. The van der Waals surface area contributed by atoms with Gasteiger partial charge in [0.25, 0.3) is 5.91 Å². The lowest BCUT2D eigenvalue weighted by Gasteiger charge is -2.32. The third-order valence-electron chi connectivity index (χ3n) is 9.63. The summed E-state index contributed by atoms with van der Waals surface area (Å²) in [6, 6.07) is 16.1. The largest absolute Gasteiger partial charge is 0.329 e. The summed E-state index contributed by atoms with van der Waals surface area (Å²) < 4.78 is 0. The molecule has 7 rings (SSSR count). The molecule has 2 aromatic carbocycles. The van der Waals surface area contributed by atoms with Gasteiger partial charge in [0, 0.05) is 47.9 Å². The number of rotatable bonds is 9. The molecule has 3 aromatic rings. The van der Waals surface area contributed by atoms with Gasteiger partial charge in [0.1, 0.15) is 6.04 Å². The Morgan fingerprint density at radius 2 is 1.34 bits per heavy atom. The van der Waals surface area contributed by atoms with E-state index in [9.17, 15) is 19.2 Å². The smallest absolute Gasteiger partial charge is 0.251 e. The second kappa shape index (κ2) is 13.2. The normalized spacial score (nSPS) is 20.8. The molecule has 3 N–H and O–H groups in total. The van der Waals surface area contributed by atoms with Crippen LogP contribution in [0.4, 0.5) is 11.4 Å². The maximum Gasteiger partial charge on any atom is 0.251 e. The fraction of sp³-hybridized carbons (Fsp3) is 0.324. The van der Waals surface area contributed by atoms with Gasteiger partial charge in [-0.25, -0.2) is 0 Å². The third kappa shape index (κ3) is 6.54. The zero-order valence-corrected chi connectivity index (χ0v) is 26.1. The summed E-state index contributed by atoms with van der Waals surface area (Å²) in [5, 5.41) is 13.4. The number of nitrogens with zero attached hydrogens (tertiary/aromatic N) is 3. The summed E-state index contributed by atoms with van der Waals surface area (Å²) in [5.41, 5.74) is 4.68. The van der Waals surface area contributed by atoms with Crippen LogP contribution in [0, 0.1) is 11.8 Å². The number of anilines is 2. The predicted molar refractivity (Wildman–Crippen MR) is 180 cm³/mol. The van der Waals surface area contributed by atoms with Gasteiger partial charge in [-0.15, -0.1) is 0 Å². The Hall–Kier alpha value is -5.25. The molecule has 2 saturated carbocycles. The van der Waals surface area contributed by atoms with Crippen molar-refractivity contribution in [1.29, 1.82) is 0 Å². The first-order valence-electron chi connectivity index (χ1n) is 16.4. The number of hydrogen-bond donors (Lipinski definition) is 3. The second-order valence-electron chi connectivity index (χ2n) is 12.7. The number of aromatic nitrogens is 2. The zero-order chi connectivity index (χ0) is 32.3. The van der Waals surface area contributed by atoms with Crippen LogP contribution >= 0.6 is 0 Å². The van der Waals surface area contributed by atoms with Gasteiger partial charge in [-0.3, -0.25) is 24.3 Å². The van der Waals surface area contributed by atoms with Crippen molar-refractivity contribution in [2.75, 3.05) is 23.7 Å². The summed E-state index contributed by atoms with van der Waals surface area (Å²) in [7, 11) is 0. The van der Waals surface area contributed by atoms with E-state index in [2.05, 4.69) is 20.8 Å². The predicted octanol–water partition coefficient (Wildman–Crippen LogP) is 5.31. The van der Waals surface area contributed by atoms with Crippen LogP contribution in [-0.2, 0) is 19.2 Å². The zero-order valence-electron chi connectivity index (χ0n) is 26.1. The van der Waals surface area contributed by atoms with E-state index in [1.165, 1.54) is 6.08 Å². The molecule has 4 amide bonds. The van der Waals surface area contributed by atoms with Crippen molar-refractivity contribution in [3.8, 4) is 22.5 Å². The van der Waals surface area contributed by atoms with Crippen LogP contribution in [0.1, 0.15) is 38.5 Å². The van der Waals surface area contributed by atoms with Crippen LogP contribution in [0.2, 0.25) is 0 Å². The maximum atomic E-state index is 13.0. The summed E-state index contributed by atoms with van der Waals surface area (Å²) in [4.78, 5) is 54.5. The molecule has 10 nitrogen and oxygen atoms in total. The van der Waals surface area contributed by atoms with Gasteiger partial charge >= 0.3 is 0 Å². The summed E-state index contributed by atoms with van der Waals surface area (Å²) >= 11 is 0. The molecular weight excluding hydrogens is 592 g/mol. The molecule has 0 bridgehead atoms. The topological polar surface area (TPSA) is 127 Å². The Morgan fingerprint density at radius 3 is 2.00 bits per heavy atom. The molecule has 0 radical (unpaired) electrons. The number of carbonyl (C=O) groups is 4. The van der Waals surface area contributed by atoms with Crippen LogP contribution < -0.4 is 10.6 Å². The Balaban J connectivity index is 0.921. The number of carbonyl (C=O) groups excluding carboxylic acids is 4. The number of benzene rings is 2. The van der Waals surface area contributed by atoms with Crippen molar-refractivity contribution in [3.05, 3.63) is 91.1 Å². The van der Waals surface area contributed by atoms with E-state index in [1.807, 2.05) is 77.7 Å². The number of H-pyrrole nitrogens is 1. The molecule has 0 spiro atoms. The quantitative estimate of drug-likeness (QED) is 0.218. The minimum Gasteiger partial charge on any atom is -0.329 e. The molecule has 2 fully saturated rings. The fourth-order valence-electron chi connectivity index (χ4n) is 6.36. The lowest BCUT2D eigenvalue weighted by atomic mass is 9.84. The van der Waals surface area contributed by atoms with E-state index < -0.39 is 6.04 Å². The molecule has 4 aliphatic rings. The van der Waals surface area contributed by atoms with Crippen molar-refractivity contribution < 1.29 is 19.2 Å². The van der Waals surface area contributed by atoms with E-state index in [-0.39, 0.29) is 41.5 Å². The summed E-state index contributed by atoms with van der Waals surface area (Å²) in [6.07, 6.45) is 16.8. The van der Waals surface area contributed by atoms with Crippen LogP contribution in [0.5, 0.6) is 0 Å². The number of amides is 4. The van der Waals surface area contributed by atoms with Crippen molar-refractivity contribution in [1.82, 2.24) is 20.0 Å². The molecule has 47 heavy (non-hydrogen) atoms. The second-order valence-corrected chi connectivity index (χ2v) is 12.7. The molecule has 1 aromatic heterocycles. The van der Waals surface area contributed by atoms with Crippen LogP contribution in [-0.4, -0.2) is 68.8 Å². The summed E-state index contributed by atoms with van der Waals surface area (Å²) in [6.45, 7) is 1.07. The van der Waals surface area contributed by atoms with Gasteiger partial charge in [0.05, 0.1) is 17.4 Å². The Kier molecular flexibility index (Phi) is 8.56. The lowest BCUT2D eigenvalue weighted by Crippen LogP contribution is -2.47. The monoisotopic (exact) mass is 630 g/mol. The molecule has 2 aliphatic carbocycles. The first-order chi connectivity index (χ1) is 22.9. The molecular formula is C37H38N6O4. The lowest BCUT2D eigenvalue weighted by molar-refractivity contribution is -0.141. The first-order valence-corrected chi connectivity index (χ1v) is 16.4. The van der Waals surface area contributed by atoms with Gasteiger partial charge < -0.3 is 20.4 Å². The SMILES string of the molecule is O=C(/C=C/[C@@H]1C=CCN1C(=O)C1CCC1)Nc1ccc(-c2cc(-c3ccc(NC(=O)[C@@H]4C=CCN4C(=O)C4CCC4)cc3)[nH]n2)cc1. The van der Waals surface area contributed by atoms with Crippen molar-refractivity contribution >= 4 is 35.0 Å². The van der Waals surface area contributed by atoms with Crippen molar-refractivity contribution in [3.63, 3.8) is 0 Å². The molecule has 10 heteroatoms. The maximum absolute atomic E-state index is 13.0. The van der Waals surface area contributed by atoms with E-state index in [1.54, 1.807) is 17.1 Å². The molecule has 2 atom stereocenters. The highest BCUT2D eigenvalue weighted by atomic mass is 16.2. The number of nitrogens with one attached hydrogen (secondary N) is 3. The molecule has 0 saturated heterocycles. The standard InChI is InChI=1S/C37H38N6O4/c44-34(20-19-30-9-3-21-42(30)36(46)26-5-1-6-26)38-28-15-11-24(12-16-28)31-23-32(41-40-31)25-13-17-29(18-14-25)39-35(45)33-10-4-22-43(33)37(47)27-7-2-8-27/h3-4,9-20,23,26-27,30,33H,1-2,5-8,21-22H2,(H,38,44)(H,39,45)(H,40,41)/b20-19+/t30-,33-/m0/s1. The van der Waals surface area contributed by atoms with Crippen LogP contribution in [0.25, 0.3) is 22.5 Å². The van der Waals surface area contributed by atoms with Crippen molar-refractivity contribution in [2.45, 2.75) is 50.6 Å². The minimum atomic E-state index is -0.581. The Morgan fingerprint density at radius 1 is 0.745 bits per heavy atom. The van der Waals surface area contributed by atoms with Gasteiger partial charge in [-0.2, -0.15) is 5.10 Å². The van der Waals surface area contributed by atoms with E-state index in [0.717, 1.165) is 61.0 Å². The highest BCUT2D eigenvalue weighted by molar-refractivity contribution is 6.00. The average molecular weight is 631 g/mol. The highest BCUT2D eigenvalue weighted by Gasteiger charge is 2.36. The number of aromatic amines is 1. The van der Waals surface area contributed by atoms with E-state index >= 15 is 0 Å². The Bertz CT molecular complexity index is 1750. The Labute approximate surface area is 273 Å². The van der Waals surface area contributed by atoms with Crippen LogP contribution in [0.3, 0.4) is 0 Å². The highest BCUT2D eigenvalue weighted by Crippen LogP contribution is 2.32. The van der Waals surface area contributed by atoms with Gasteiger partial charge in [0.2, 0.25) is 17.7 Å². The molecule has 0 unspecified atom stereocenters. The van der Waals surface area contributed by atoms with Gasteiger partial charge in [-0.05, 0) is 61.6 Å². The number of hydrogen-bond acceptors (Lipinski definition) is 5. The minimum absolute atomic E-state index is 0.0526. The van der Waals surface area contributed by atoms with Gasteiger partial charge in [-0.1, -0.05) is 67.5 Å². The van der Waals surface area contributed by atoms with Crippen molar-refractivity contribution in [2.24, 2.45) is 11.8 Å². The molecule has 2 aliphatic heterocycles. The van der Waals surface area contributed by atoms with E-state index in [0.29, 0.717) is 24.5 Å². The fourth-order valence-corrected chi connectivity index (χ4v) is 6.36. The van der Waals surface area contributed by atoms with Gasteiger partial charge in [0.15, 0.2) is 0 Å². The molecule has 240 valence electrons. The molecule has 3 heterocycles. The van der Waals surface area contributed by atoms with Crippen LogP contribution in [0.15, 0.2) is 91.1 Å². The third-order valence-corrected chi connectivity index (χ3v) is 9.63. The first kappa shape index (κ1) is 30.4.